The minimum absolute atomic E-state index is 0.00000656. The summed E-state index contributed by atoms with van der Waals surface area (Å²) in [5.74, 6) is -0.411. The van der Waals surface area contributed by atoms with Gasteiger partial charge >= 0.3 is 12.2 Å². The first kappa shape index (κ1) is 26.2. The largest absolute Gasteiger partial charge is 0.508 e. The van der Waals surface area contributed by atoms with Gasteiger partial charge < -0.3 is 19.5 Å². The quantitative estimate of drug-likeness (QED) is 0.453. The first-order chi connectivity index (χ1) is 17.7. The third kappa shape index (κ3) is 6.26. The molecule has 2 heterocycles. The molecule has 2 atom stereocenters. The summed E-state index contributed by atoms with van der Waals surface area (Å²) in [6, 6.07) is 11.3. The molecule has 1 amide bonds. The number of nitrogens with zero attached hydrogens (tertiary/aromatic N) is 3. The van der Waals surface area contributed by atoms with Crippen LogP contribution in [-0.2, 0) is 27.4 Å². The minimum Gasteiger partial charge on any atom is -0.465 e. The fourth-order valence-electron chi connectivity index (χ4n) is 4.52. The molecule has 1 N–H and O–H groups in total. The summed E-state index contributed by atoms with van der Waals surface area (Å²) in [7, 11) is 0. The molecule has 2 aromatic carbocycles. The van der Waals surface area contributed by atoms with E-state index < -0.39 is 35.7 Å². The molecular formula is C26H26ClN3O7. The monoisotopic (exact) mass is 527 g/mol. The molecule has 0 unspecified atom stereocenters. The molecule has 11 heteroatoms. The highest BCUT2D eigenvalue weighted by molar-refractivity contribution is 6.31. The standard InChI is InChI=1S/C26H26ClN3O7/c1-16-10-18(27)11-20-23(16)28-15-29(24(20)32)13-19(31)12-21-22(8-5-9-30(21)25(33)34)37-26(35)36-14-17-6-3-2-4-7-17/h2-4,6-7,10-11,15,21-22H,5,8-9,12-14H2,1H3,(H,33,34)/t21-,22+/m1/s1. The number of fused-ring (bicyclic) bond motifs is 1. The van der Waals surface area contributed by atoms with Crippen molar-refractivity contribution in [1.29, 1.82) is 0 Å². The molecule has 0 spiro atoms. The van der Waals surface area contributed by atoms with Crippen molar-refractivity contribution in [1.82, 2.24) is 14.5 Å². The maximum atomic E-state index is 13.0. The Morgan fingerprint density at radius 2 is 1.95 bits per heavy atom. The van der Waals surface area contributed by atoms with E-state index >= 15 is 0 Å². The van der Waals surface area contributed by atoms with Gasteiger partial charge in [0, 0.05) is 18.0 Å². The fraction of sp³-hybridized carbons (Fsp3) is 0.346. The highest BCUT2D eigenvalue weighted by atomic mass is 35.5. The topological polar surface area (TPSA) is 128 Å². The number of aromatic nitrogens is 2. The summed E-state index contributed by atoms with van der Waals surface area (Å²) in [5.41, 5.74) is 1.56. The summed E-state index contributed by atoms with van der Waals surface area (Å²) >= 11 is 6.09. The van der Waals surface area contributed by atoms with E-state index in [2.05, 4.69) is 4.98 Å². The fourth-order valence-corrected chi connectivity index (χ4v) is 4.79. The summed E-state index contributed by atoms with van der Waals surface area (Å²) < 4.78 is 11.8. The molecule has 37 heavy (non-hydrogen) atoms. The Labute approximate surface area is 217 Å². The first-order valence-electron chi connectivity index (χ1n) is 11.8. The molecule has 1 aliphatic rings. The average Bonchev–Trinajstić information content (AvgIpc) is 2.86. The van der Waals surface area contributed by atoms with Crippen LogP contribution in [0.25, 0.3) is 10.9 Å². The predicted molar refractivity (Wildman–Crippen MR) is 135 cm³/mol. The average molecular weight is 528 g/mol. The Hall–Kier alpha value is -3.92. The smallest absolute Gasteiger partial charge is 0.465 e. The van der Waals surface area contributed by atoms with E-state index in [-0.39, 0.29) is 31.5 Å². The number of hydrogen-bond donors (Lipinski definition) is 1. The third-order valence-corrected chi connectivity index (χ3v) is 6.49. The van der Waals surface area contributed by atoms with Gasteiger partial charge in [-0.1, -0.05) is 41.9 Å². The van der Waals surface area contributed by atoms with Gasteiger partial charge in [-0.05, 0) is 43.0 Å². The van der Waals surface area contributed by atoms with Crippen LogP contribution in [0.5, 0.6) is 0 Å². The highest BCUT2D eigenvalue weighted by Gasteiger charge is 2.38. The number of halogens is 1. The van der Waals surface area contributed by atoms with E-state index in [0.29, 0.717) is 23.4 Å². The second-order valence-electron chi connectivity index (χ2n) is 8.91. The molecule has 1 aliphatic heterocycles. The number of carboxylic acid groups (broad SMARTS) is 1. The maximum Gasteiger partial charge on any atom is 0.508 e. The van der Waals surface area contributed by atoms with Crippen LogP contribution in [0.1, 0.15) is 30.4 Å². The third-order valence-electron chi connectivity index (χ3n) is 6.28. The van der Waals surface area contributed by atoms with Crippen molar-refractivity contribution >= 4 is 40.5 Å². The minimum atomic E-state index is -1.22. The molecule has 1 fully saturated rings. The van der Waals surface area contributed by atoms with Crippen molar-refractivity contribution in [2.75, 3.05) is 6.54 Å². The number of hydrogen-bond acceptors (Lipinski definition) is 7. The molecule has 194 valence electrons. The second kappa shape index (κ2) is 11.4. The zero-order valence-corrected chi connectivity index (χ0v) is 20.9. The molecule has 0 aliphatic carbocycles. The van der Waals surface area contributed by atoms with Gasteiger partial charge in [0.2, 0.25) is 0 Å². The van der Waals surface area contributed by atoms with E-state index in [4.69, 9.17) is 21.1 Å². The van der Waals surface area contributed by atoms with Crippen molar-refractivity contribution in [3.63, 3.8) is 0 Å². The van der Waals surface area contributed by atoms with Crippen LogP contribution in [0.3, 0.4) is 0 Å². The summed E-state index contributed by atoms with van der Waals surface area (Å²) in [6.07, 6.45) is -1.17. The van der Waals surface area contributed by atoms with Gasteiger partial charge in [-0.3, -0.25) is 14.2 Å². The summed E-state index contributed by atoms with van der Waals surface area (Å²) in [6.45, 7) is 1.66. The Balaban J connectivity index is 1.47. The van der Waals surface area contributed by atoms with Crippen molar-refractivity contribution in [3.8, 4) is 0 Å². The molecule has 3 aromatic rings. The molecule has 0 bridgehead atoms. The number of likely N-dealkylation sites (tertiary alicyclic amines) is 1. The van der Waals surface area contributed by atoms with Crippen LogP contribution in [-0.4, -0.2) is 56.3 Å². The van der Waals surface area contributed by atoms with Gasteiger partial charge in [-0.25, -0.2) is 14.6 Å². The molecular weight excluding hydrogens is 502 g/mol. The van der Waals surface area contributed by atoms with E-state index in [1.54, 1.807) is 25.1 Å². The van der Waals surface area contributed by atoms with Crippen LogP contribution < -0.4 is 5.56 Å². The molecule has 0 radical (unpaired) electrons. The van der Waals surface area contributed by atoms with Gasteiger partial charge in [-0.15, -0.1) is 0 Å². The van der Waals surface area contributed by atoms with Crippen LogP contribution in [0, 0.1) is 6.92 Å². The number of ether oxygens (including phenoxy) is 2. The van der Waals surface area contributed by atoms with Crippen LogP contribution in [0.2, 0.25) is 5.02 Å². The maximum absolute atomic E-state index is 13.0. The lowest BCUT2D eigenvalue weighted by atomic mass is 9.94. The summed E-state index contributed by atoms with van der Waals surface area (Å²) in [4.78, 5) is 55.6. The van der Waals surface area contributed by atoms with Crippen molar-refractivity contribution in [2.24, 2.45) is 0 Å². The van der Waals surface area contributed by atoms with Crippen LogP contribution >= 0.6 is 11.6 Å². The number of benzene rings is 2. The van der Waals surface area contributed by atoms with Gasteiger partial charge in [0.25, 0.3) is 5.56 Å². The van der Waals surface area contributed by atoms with Crippen molar-refractivity contribution in [3.05, 3.63) is 75.3 Å². The van der Waals surface area contributed by atoms with E-state index in [1.165, 1.54) is 17.0 Å². The van der Waals surface area contributed by atoms with Gasteiger partial charge in [0.15, 0.2) is 5.78 Å². The molecule has 4 rings (SSSR count). The molecule has 0 saturated carbocycles. The Bertz CT molecular complexity index is 1380. The normalized spacial score (nSPS) is 17.4. The Morgan fingerprint density at radius 3 is 2.68 bits per heavy atom. The van der Waals surface area contributed by atoms with Crippen molar-refractivity contribution < 1.29 is 29.0 Å². The SMILES string of the molecule is Cc1cc(Cl)cc2c(=O)n(CC(=O)C[C@@H]3[C@@H](OC(=O)OCc4ccccc4)CCCN3C(=O)O)cnc12. The van der Waals surface area contributed by atoms with Crippen molar-refractivity contribution in [2.45, 2.75) is 51.5 Å². The summed E-state index contributed by atoms with van der Waals surface area (Å²) in [5, 5.41) is 10.4. The van der Waals surface area contributed by atoms with Crippen LogP contribution in [0.4, 0.5) is 9.59 Å². The van der Waals surface area contributed by atoms with Gasteiger partial charge in [-0.2, -0.15) is 0 Å². The Kier molecular flexibility index (Phi) is 8.08. The molecule has 10 nitrogen and oxygen atoms in total. The number of Topliss-reactive ketones (excluding diaryl/α,β-unsaturated/α-hetero) is 1. The number of aryl methyl sites for hydroxylation is 1. The van der Waals surface area contributed by atoms with E-state index in [1.807, 2.05) is 18.2 Å². The van der Waals surface area contributed by atoms with Gasteiger partial charge in [0.05, 0.1) is 29.8 Å². The number of carbonyl (C=O) groups is 3. The molecule has 1 saturated heterocycles. The first-order valence-corrected chi connectivity index (χ1v) is 12.1. The van der Waals surface area contributed by atoms with Crippen LogP contribution in [0.15, 0.2) is 53.6 Å². The number of ketones is 1. The predicted octanol–water partition coefficient (Wildman–Crippen LogP) is 4.18. The van der Waals surface area contributed by atoms with E-state index in [0.717, 1.165) is 16.0 Å². The molecule has 1 aromatic heterocycles. The number of carbonyl (C=O) groups excluding carboxylic acids is 2. The highest BCUT2D eigenvalue weighted by Crippen LogP contribution is 2.25. The Morgan fingerprint density at radius 1 is 1.19 bits per heavy atom. The van der Waals surface area contributed by atoms with E-state index in [9.17, 15) is 24.3 Å². The lowest BCUT2D eigenvalue weighted by Gasteiger charge is -2.38. The zero-order chi connectivity index (χ0) is 26.5. The number of piperidine rings is 1. The lowest BCUT2D eigenvalue weighted by Crippen LogP contribution is -2.53. The number of amides is 1. The zero-order valence-electron chi connectivity index (χ0n) is 20.1. The van der Waals surface area contributed by atoms with Gasteiger partial charge in [0.1, 0.15) is 12.7 Å². The lowest BCUT2D eigenvalue weighted by molar-refractivity contribution is -0.123. The second-order valence-corrected chi connectivity index (χ2v) is 9.34. The number of rotatable bonds is 7.